The molecule has 0 aliphatic rings. The van der Waals surface area contributed by atoms with Crippen LogP contribution in [0.1, 0.15) is 12.0 Å². The number of nitrogens with zero attached hydrogens (tertiary/aromatic N) is 2. The molecule has 3 amide bonds. The highest BCUT2D eigenvalue weighted by molar-refractivity contribution is 5.93. The average molecular weight is 267 g/mol. The molecule has 0 fully saturated rings. The van der Waals surface area contributed by atoms with Crippen molar-refractivity contribution in [2.45, 2.75) is 13.3 Å². The SMILES string of the molecule is Cc1cc([N+](=O)[O-])cnc1NCCC(=O)NC(N)=O. The molecule has 0 atom stereocenters. The van der Waals surface area contributed by atoms with Gasteiger partial charge in [0.2, 0.25) is 5.91 Å². The van der Waals surface area contributed by atoms with E-state index in [4.69, 9.17) is 5.73 Å². The molecule has 0 spiro atoms. The number of nitrogens with two attached hydrogens (primary N) is 1. The third kappa shape index (κ3) is 4.58. The van der Waals surface area contributed by atoms with Crippen molar-refractivity contribution in [1.82, 2.24) is 10.3 Å². The van der Waals surface area contributed by atoms with Crippen LogP contribution in [0.25, 0.3) is 0 Å². The highest BCUT2D eigenvalue weighted by Crippen LogP contribution is 2.17. The van der Waals surface area contributed by atoms with Crippen LogP contribution in [0.3, 0.4) is 0 Å². The number of aromatic nitrogens is 1. The number of carbonyl (C=O) groups is 2. The normalized spacial score (nSPS) is 9.74. The van der Waals surface area contributed by atoms with Crippen LogP contribution in [0.5, 0.6) is 0 Å². The van der Waals surface area contributed by atoms with Gasteiger partial charge in [-0.3, -0.25) is 20.2 Å². The van der Waals surface area contributed by atoms with E-state index in [2.05, 4.69) is 10.3 Å². The molecule has 9 heteroatoms. The molecule has 1 aromatic rings. The summed E-state index contributed by atoms with van der Waals surface area (Å²) >= 11 is 0. The van der Waals surface area contributed by atoms with Crippen molar-refractivity contribution >= 4 is 23.4 Å². The topological polar surface area (TPSA) is 140 Å². The maximum Gasteiger partial charge on any atom is 0.318 e. The van der Waals surface area contributed by atoms with E-state index >= 15 is 0 Å². The van der Waals surface area contributed by atoms with Crippen LogP contribution in [0.2, 0.25) is 0 Å². The summed E-state index contributed by atoms with van der Waals surface area (Å²) in [5.74, 6) is -0.0722. The summed E-state index contributed by atoms with van der Waals surface area (Å²) in [5.41, 5.74) is 5.26. The Labute approximate surface area is 108 Å². The second-order valence-corrected chi connectivity index (χ2v) is 3.71. The van der Waals surface area contributed by atoms with Crippen LogP contribution >= 0.6 is 0 Å². The number of hydrogen-bond acceptors (Lipinski definition) is 6. The first kappa shape index (κ1) is 14.4. The number of urea groups is 1. The smallest absolute Gasteiger partial charge is 0.318 e. The van der Waals surface area contributed by atoms with Crippen molar-refractivity contribution in [3.8, 4) is 0 Å². The van der Waals surface area contributed by atoms with Crippen LogP contribution in [0.15, 0.2) is 12.3 Å². The number of rotatable bonds is 5. The Kier molecular flexibility index (Phi) is 4.75. The number of nitro groups is 1. The molecule has 0 aromatic carbocycles. The molecule has 9 nitrogen and oxygen atoms in total. The Morgan fingerprint density at radius 2 is 2.21 bits per heavy atom. The monoisotopic (exact) mass is 267 g/mol. The summed E-state index contributed by atoms with van der Waals surface area (Å²) in [5, 5.41) is 15.3. The Morgan fingerprint density at radius 3 is 2.74 bits per heavy atom. The largest absolute Gasteiger partial charge is 0.369 e. The van der Waals surface area contributed by atoms with Crippen molar-refractivity contribution in [2.75, 3.05) is 11.9 Å². The van der Waals surface area contributed by atoms with Gasteiger partial charge in [-0.05, 0) is 12.5 Å². The van der Waals surface area contributed by atoms with Crippen molar-refractivity contribution in [1.29, 1.82) is 0 Å². The minimum Gasteiger partial charge on any atom is -0.369 e. The fourth-order valence-electron chi connectivity index (χ4n) is 1.34. The molecule has 1 rings (SSSR count). The van der Waals surface area contributed by atoms with Gasteiger partial charge in [0, 0.05) is 19.0 Å². The van der Waals surface area contributed by atoms with Crippen molar-refractivity contribution in [3.63, 3.8) is 0 Å². The number of nitrogens with one attached hydrogen (secondary N) is 2. The summed E-state index contributed by atoms with van der Waals surface area (Å²) in [4.78, 5) is 35.4. The quantitative estimate of drug-likeness (QED) is 0.517. The lowest BCUT2D eigenvalue weighted by molar-refractivity contribution is -0.385. The van der Waals surface area contributed by atoms with Crippen molar-refractivity contribution in [3.05, 3.63) is 27.9 Å². The third-order valence-corrected chi connectivity index (χ3v) is 2.18. The van der Waals surface area contributed by atoms with Gasteiger partial charge in [0.25, 0.3) is 5.69 Å². The van der Waals surface area contributed by atoms with Gasteiger partial charge in [0.1, 0.15) is 12.0 Å². The lowest BCUT2D eigenvalue weighted by Crippen LogP contribution is -2.35. The number of carbonyl (C=O) groups excluding carboxylic acids is 2. The lowest BCUT2D eigenvalue weighted by atomic mass is 10.2. The molecule has 4 N–H and O–H groups in total. The molecular formula is C10H13N5O4. The molecule has 0 saturated heterocycles. The highest BCUT2D eigenvalue weighted by Gasteiger charge is 2.10. The van der Waals surface area contributed by atoms with Gasteiger partial charge >= 0.3 is 6.03 Å². The first-order chi connectivity index (χ1) is 8.90. The van der Waals surface area contributed by atoms with Crippen molar-refractivity contribution in [2.24, 2.45) is 5.73 Å². The van der Waals surface area contributed by atoms with Gasteiger partial charge in [-0.2, -0.15) is 0 Å². The zero-order valence-corrected chi connectivity index (χ0v) is 10.2. The van der Waals surface area contributed by atoms with E-state index in [1.807, 2.05) is 5.32 Å². The molecule has 0 unspecified atom stereocenters. The standard InChI is InChI=1S/C10H13N5O4/c1-6-4-7(15(18)19)5-13-9(6)12-3-2-8(16)14-10(11)17/h4-5H,2-3H2,1H3,(H,12,13)(H3,11,14,16,17). The van der Waals surface area contributed by atoms with Gasteiger partial charge in [-0.15, -0.1) is 0 Å². The predicted octanol–water partition coefficient (Wildman–Crippen LogP) is 0.295. The summed E-state index contributed by atoms with van der Waals surface area (Å²) in [6.45, 7) is 1.89. The minimum absolute atomic E-state index is 0.0288. The maximum absolute atomic E-state index is 11.1. The van der Waals surface area contributed by atoms with E-state index in [0.29, 0.717) is 11.4 Å². The average Bonchev–Trinajstić information content (AvgIpc) is 2.29. The van der Waals surface area contributed by atoms with Gasteiger partial charge < -0.3 is 11.1 Å². The van der Waals surface area contributed by atoms with Gasteiger partial charge in [-0.25, -0.2) is 9.78 Å². The number of anilines is 1. The van der Waals surface area contributed by atoms with E-state index in [9.17, 15) is 19.7 Å². The molecule has 0 saturated carbocycles. The first-order valence-electron chi connectivity index (χ1n) is 5.34. The molecule has 1 heterocycles. The number of aryl methyl sites for hydroxylation is 1. The Bertz CT molecular complexity index is 517. The van der Waals surface area contributed by atoms with Gasteiger partial charge in [-0.1, -0.05) is 0 Å². The predicted molar refractivity (Wildman–Crippen MR) is 66.5 cm³/mol. The summed E-state index contributed by atoms with van der Waals surface area (Å²) < 4.78 is 0. The Morgan fingerprint density at radius 1 is 1.53 bits per heavy atom. The van der Waals surface area contributed by atoms with Crippen LogP contribution in [0.4, 0.5) is 16.3 Å². The molecule has 0 bridgehead atoms. The summed E-state index contributed by atoms with van der Waals surface area (Å²) in [7, 11) is 0. The molecule has 1 aromatic heterocycles. The fourth-order valence-corrected chi connectivity index (χ4v) is 1.34. The summed E-state index contributed by atoms with van der Waals surface area (Å²) in [6, 6.07) is 0.466. The highest BCUT2D eigenvalue weighted by atomic mass is 16.6. The number of imide groups is 1. The zero-order chi connectivity index (χ0) is 14.4. The Balaban J connectivity index is 2.52. The third-order valence-electron chi connectivity index (χ3n) is 2.18. The number of pyridine rings is 1. The Hall–Kier alpha value is -2.71. The van der Waals surface area contributed by atoms with E-state index in [-0.39, 0.29) is 18.7 Å². The maximum atomic E-state index is 11.1. The van der Waals surface area contributed by atoms with Crippen LogP contribution in [-0.2, 0) is 4.79 Å². The van der Waals surface area contributed by atoms with Gasteiger partial charge in [0.15, 0.2) is 0 Å². The molecule has 19 heavy (non-hydrogen) atoms. The number of primary amides is 1. The molecule has 0 radical (unpaired) electrons. The van der Waals surface area contributed by atoms with E-state index in [1.165, 1.54) is 6.07 Å². The van der Waals surface area contributed by atoms with Crippen LogP contribution in [-0.4, -0.2) is 28.4 Å². The molecular weight excluding hydrogens is 254 g/mol. The number of amides is 3. The van der Waals surface area contributed by atoms with Crippen LogP contribution in [0, 0.1) is 17.0 Å². The molecule has 0 aliphatic heterocycles. The van der Waals surface area contributed by atoms with Crippen molar-refractivity contribution < 1.29 is 14.5 Å². The second-order valence-electron chi connectivity index (χ2n) is 3.71. The zero-order valence-electron chi connectivity index (χ0n) is 10.2. The van der Waals surface area contributed by atoms with Gasteiger partial charge in [0.05, 0.1) is 4.92 Å². The van der Waals surface area contributed by atoms with E-state index < -0.39 is 16.9 Å². The number of hydrogen-bond donors (Lipinski definition) is 3. The van der Waals surface area contributed by atoms with E-state index in [0.717, 1.165) is 6.20 Å². The minimum atomic E-state index is -0.908. The molecule has 102 valence electrons. The fraction of sp³-hybridized carbons (Fsp3) is 0.300. The van der Waals surface area contributed by atoms with E-state index in [1.54, 1.807) is 6.92 Å². The lowest BCUT2D eigenvalue weighted by Gasteiger charge is -2.07. The first-order valence-corrected chi connectivity index (χ1v) is 5.34. The van der Waals surface area contributed by atoms with Crippen LogP contribution < -0.4 is 16.4 Å². The molecule has 0 aliphatic carbocycles. The second kappa shape index (κ2) is 6.28. The summed E-state index contributed by atoms with van der Waals surface area (Å²) in [6.07, 6.45) is 1.15.